The number of sulfone groups is 1. The van der Waals surface area contributed by atoms with E-state index in [1.165, 1.54) is 17.0 Å². The Morgan fingerprint density at radius 1 is 1.48 bits per heavy atom. The number of aliphatic carboxylic acids is 1. The van der Waals surface area contributed by atoms with Crippen molar-refractivity contribution < 1.29 is 23.2 Å². The van der Waals surface area contributed by atoms with Crippen LogP contribution in [-0.2, 0) is 14.6 Å². The molecule has 0 unspecified atom stereocenters. The van der Waals surface area contributed by atoms with Gasteiger partial charge in [0.05, 0.1) is 15.5 Å². The lowest BCUT2D eigenvalue weighted by Crippen LogP contribution is -2.36. The molecule has 114 valence electrons. The largest absolute Gasteiger partial charge is 0.480 e. The topological polar surface area (TPSA) is 118 Å². The van der Waals surface area contributed by atoms with E-state index in [0.29, 0.717) is 19.4 Å². The van der Waals surface area contributed by atoms with Crippen LogP contribution in [0.1, 0.15) is 12.8 Å². The third-order valence-electron chi connectivity index (χ3n) is 3.40. The molecule has 0 spiro atoms. The molecule has 1 aromatic rings. The number of nitro benzene ring substituents is 1. The summed E-state index contributed by atoms with van der Waals surface area (Å²) >= 11 is 0. The summed E-state index contributed by atoms with van der Waals surface area (Å²) in [5, 5.41) is 20.0. The highest BCUT2D eigenvalue weighted by atomic mass is 32.2. The Bertz CT molecular complexity index is 700. The van der Waals surface area contributed by atoms with E-state index in [1.54, 1.807) is 0 Å². The van der Waals surface area contributed by atoms with Gasteiger partial charge in [-0.25, -0.2) is 13.2 Å². The quantitative estimate of drug-likeness (QED) is 0.651. The lowest BCUT2D eigenvalue weighted by atomic mass is 10.2. The molecule has 2 rings (SSSR count). The van der Waals surface area contributed by atoms with Crippen LogP contribution in [0, 0.1) is 10.1 Å². The number of anilines is 1. The van der Waals surface area contributed by atoms with Crippen molar-refractivity contribution in [3.05, 3.63) is 28.3 Å². The van der Waals surface area contributed by atoms with E-state index in [-0.39, 0.29) is 16.3 Å². The van der Waals surface area contributed by atoms with Crippen molar-refractivity contribution >= 4 is 27.2 Å². The highest BCUT2D eigenvalue weighted by Gasteiger charge is 2.33. The monoisotopic (exact) mass is 314 g/mol. The molecule has 8 nitrogen and oxygen atoms in total. The zero-order chi connectivity index (χ0) is 15.8. The Balaban J connectivity index is 2.58. The van der Waals surface area contributed by atoms with Gasteiger partial charge in [-0.1, -0.05) is 0 Å². The Hall–Kier alpha value is -2.16. The molecule has 0 saturated carbocycles. The standard InChI is InChI=1S/C12H14N2O6S/c1-21(19,20)11-7-8(14(17)18)4-5-9(11)13-6-2-3-10(13)12(15)16/h4-5,7,10H,2-3,6H2,1H3,(H,15,16)/t10-/m1/s1. The fraction of sp³-hybridized carbons (Fsp3) is 0.417. The Morgan fingerprint density at radius 3 is 2.67 bits per heavy atom. The van der Waals surface area contributed by atoms with Gasteiger partial charge in [0.15, 0.2) is 9.84 Å². The summed E-state index contributed by atoms with van der Waals surface area (Å²) in [6.07, 6.45) is 1.98. The molecule has 0 aromatic heterocycles. The van der Waals surface area contributed by atoms with Crippen molar-refractivity contribution in [1.29, 1.82) is 0 Å². The maximum atomic E-state index is 11.9. The Labute approximate surface area is 121 Å². The van der Waals surface area contributed by atoms with Gasteiger partial charge in [-0.2, -0.15) is 0 Å². The van der Waals surface area contributed by atoms with E-state index in [1.807, 2.05) is 0 Å². The number of benzene rings is 1. The summed E-state index contributed by atoms with van der Waals surface area (Å²) in [4.78, 5) is 22.6. The Morgan fingerprint density at radius 2 is 2.14 bits per heavy atom. The predicted molar refractivity (Wildman–Crippen MR) is 74.2 cm³/mol. The molecule has 21 heavy (non-hydrogen) atoms. The highest BCUT2D eigenvalue weighted by molar-refractivity contribution is 7.90. The second-order valence-electron chi connectivity index (χ2n) is 4.87. The summed E-state index contributed by atoms with van der Waals surface area (Å²) in [5.74, 6) is -1.04. The third kappa shape index (κ3) is 2.97. The predicted octanol–water partition coefficient (Wildman–Crippen LogP) is 1.05. The number of hydrogen-bond donors (Lipinski definition) is 1. The van der Waals surface area contributed by atoms with Crippen LogP contribution < -0.4 is 4.90 Å². The van der Waals surface area contributed by atoms with E-state index in [4.69, 9.17) is 0 Å². The van der Waals surface area contributed by atoms with Crippen LogP contribution >= 0.6 is 0 Å². The van der Waals surface area contributed by atoms with E-state index < -0.39 is 26.8 Å². The van der Waals surface area contributed by atoms with Crippen LogP contribution in [0.15, 0.2) is 23.1 Å². The van der Waals surface area contributed by atoms with Gasteiger partial charge in [-0.05, 0) is 18.9 Å². The number of carboxylic acid groups (broad SMARTS) is 1. The average molecular weight is 314 g/mol. The number of rotatable bonds is 4. The Kier molecular flexibility index (Phi) is 3.86. The molecular weight excluding hydrogens is 300 g/mol. The minimum atomic E-state index is -3.72. The molecular formula is C12H14N2O6S. The van der Waals surface area contributed by atoms with Gasteiger partial charge < -0.3 is 10.0 Å². The molecule has 1 aliphatic heterocycles. The number of nitro groups is 1. The maximum absolute atomic E-state index is 11.9. The molecule has 1 aliphatic rings. The van der Waals surface area contributed by atoms with Crippen LogP contribution in [0.5, 0.6) is 0 Å². The van der Waals surface area contributed by atoms with Gasteiger partial charge in [0.2, 0.25) is 0 Å². The first kappa shape index (κ1) is 15.2. The average Bonchev–Trinajstić information content (AvgIpc) is 2.86. The summed E-state index contributed by atoms with van der Waals surface area (Å²) in [5.41, 5.74) is -0.141. The number of hydrogen-bond acceptors (Lipinski definition) is 6. The minimum Gasteiger partial charge on any atom is -0.480 e. The lowest BCUT2D eigenvalue weighted by molar-refractivity contribution is -0.385. The second-order valence-corrected chi connectivity index (χ2v) is 6.86. The third-order valence-corrected chi connectivity index (χ3v) is 4.53. The molecule has 1 saturated heterocycles. The zero-order valence-corrected chi connectivity index (χ0v) is 12.0. The molecule has 1 atom stereocenters. The van der Waals surface area contributed by atoms with E-state index in [9.17, 15) is 28.4 Å². The molecule has 1 N–H and O–H groups in total. The SMILES string of the molecule is CS(=O)(=O)c1cc([N+](=O)[O-])ccc1N1CCC[C@@H]1C(=O)O. The lowest BCUT2D eigenvalue weighted by Gasteiger charge is -2.25. The summed E-state index contributed by atoms with van der Waals surface area (Å²) in [6.45, 7) is 0.400. The van der Waals surface area contributed by atoms with Crippen LogP contribution in [-0.4, -0.2) is 43.3 Å². The molecule has 9 heteroatoms. The van der Waals surface area contributed by atoms with Crippen molar-refractivity contribution in [2.75, 3.05) is 17.7 Å². The highest BCUT2D eigenvalue weighted by Crippen LogP contribution is 2.34. The number of carbonyl (C=O) groups is 1. The first-order chi connectivity index (χ1) is 9.71. The maximum Gasteiger partial charge on any atom is 0.326 e. The fourth-order valence-electron chi connectivity index (χ4n) is 2.46. The summed E-state index contributed by atoms with van der Waals surface area (Å²) in [6, 6.07) is 2.64. The van der Waals surface area contributed by atoms with Gasteiger partial charge in [-0.3, -0.25) is 10.1 Å². The number of non-ortho nitro benzene ring substituents is 1. The van der Waals surface area contributed by atoms with Crippen LogP contribution in [0.25, 0.3) is 0 Å². The van der Waals surface area contributed by atoms with Gasteiger partial charge in [0.1, 0.15) is 6.04 Å². The second kappa shape index (κ2) is 5.32. The van der Waals surface area contributed by atoms with Gasteiger partial charge in [-0.15, -0.1) is 0 Å². The van der Waals surface area contributed by atoms with Crippen LogP contribution in [0.3, 0.4) is 0 Å². The van der Waals surface area contributed by atoms with Crippen molar-refractivity contribution in [2.45, 2.75) is 23.8 Å². The van der Waals surface area contributed by atoms with Crippen molar-refractivity contribution in [3.63, 3.8) is 0 Å². The molecule has 0 amide bonds. The number of nitrogens with zero attached hydrogens (tertiary/aromatic N) is 2. The summed E-state index contributed by atoms with van der Waals surface area (Å²) < 4.78 is 23.7. The van der Waals surface area contributed by atoms with Crippen molar-refractivity contribution in [3.8, 4) is 0 Å². The van der Waals surface area contributed by atoms with Gasteiger partial charge in [0, 0.05) is 24.9 Å². The van der Waals surface area contributed by atoms with Crippen molar-refractivity contribution in [1.82, 2.24) is 0 Å². The number of carboxylic acids is 1. The van der Waals surface area contributed by atoms with E-state index >= 15 is 0 Å². The van der Waals surface area contributed by atoms with E-state index in [2.05, 4.69) is 0 Å². The molecule has 0 bridgehead atoms. The zero-order valence-electron chi connectivity index (χ0n) is 11.2. The van der Waals surface area contributed by atoms with Gasteiger partial charge >= 0.3 is 5.97 Å². The first-order valence-electron chi connectivity index (χ1n) is 6.20. The molecule has 1 heterocycles. The smallest absolute Gasteiger partial charge is 0.326 e. The van der Waals surface area contributed by atoms with Crippen LogP contribution in [0.4, 0.5) is 11.4 Å². The summed E-state index contributed by atoms with van der Waals surface area (Å²) in [7, 11) is -3.72. The fourth-order valence-corrected chi connectivity index (χ4v) is 3.36. The minimum absolute atomic E-state index is 0.202. The molecule has 0 radical (unpaired) electrons. The van der Waals surface area contributed by atoms with Crippen LogP contribution in [0.2, 0.25) is 0 Å². The molecule has 1 fully saturated rings. The first-order valence-corrected chi connectivity index (χ1v) is 8.09. The normalized spacial score (nSPS) is 18.7. The molecule has 1 aromatic carbocycles. The van der Waals surface area contributed by atoms with Gasteiger partial charge in [0.25, 0.3) is 5.69 Å². The van der Waals surface area contributed by atoms with E-state index in [0.717, 1.165) is 12.3 Å². The molecule has 0 aliphatic carbocycles. The van der Waals surface area contributed by atoms with Crippen molar-refractivity contribution in [2.24, 2.45) is 0 Å².